The van der Waals surface area contributed by atoms with Crippen LogP contribution in [0.1, 0.15) is 20.3 Å². The molecule has 0 spiro atoms. The van der Waals surface area contributed by atoms with Crippen LogP contribution < -0.4 is 0 Å². The SMILES string of the molecule is CC1OC(CO)C(O)C(O)C1OC1OC(CO)C(OC2OC(CO)C(O)CC2O)C(O)C1C. The van der Waals surface area contributed by atoms with Gasteiger partial charge in [0, 0.05) is 12.3 Å². The fraction of sp³-hybridized carbons (Fsp3) is 1.00. The van der Waals surface area contributed by atoms with Crippen molar-refractivity contribution in [2.75, 3.05) is 19.8 Å². The van der Waals surface area contributed by atoms with E-state index in [0.29, 0.717) is 0 Å². The molecule has 33 heavy (non-hydrogen) atoms. The summed E-state index contributed by atoms with van der Waals surface area (Å²) in [6.07, 6.45) is -14.9. The third kappa shape index (κ3) is 5.67. The lowest BCUT2D eigenvalue weighted by atomic mass is 9.91. The Kier molecular flexibility index (Phi) is 9.42. The normalized spacial score (nSPS) is 51.5. The van der Waals surface area contributed by atoms with Crippen molar-refractivity contribution in [1.82, 2.24) is 0 Å². The minimum absolute atomic E-state index is 0.112. The van der Waals surface area contributed by atoms with E-state index in [1.54, 1.807) is 13.8 Å². The van der Waals surface area contributed by atoms with Crippen LogP contribution in [-0.4, -0.2) is 140 Å². The van der Waals surface area contributed by atoms with Crippen LogP contribution in [0.4, 0.5) is 0 Å². The van der Waals surface area contributed by atoms with Crippen molar-refractivity contribution >= 4 is 0 Å². The van der Waals surface area contributed by atoms with Crippen LogP contribution in [-0.2, 0) is 23.7 Å². The van der Waals surface area contributed by atoms with Gasteiger partial charge in [-0.15, -0.1) is 0 Å². The zero-order valence-corrected chi connectivity index (χ0v) is 18.5. The van der Waals surface area contributed by atoms with Crippen molar-refractivity contribution in [2.24, 2.45) is 5.92 Å². The Morgan fingerprint density at radius 1 is 0.636 bits per heavy atom. The van der Waals surface area contributed by atoms with E-state index in [1.165, 1.54) is 0 Å². The minimum Gasteiger partial charge on any atom is -0.394 e. The number of rotatable bonds is 7. The molecule has 0 saturated carbocycles. The van der Waals surface area contributed by atoms with E-state index >= 15 is 0 Å². The monoisotopic (exact) mass is 484 g/mol. The molecule has 3 aliphatic heterocycles. The standard InChI is InChI=1S/C20H36O13/c1-7-14(26)18(33-20-10(25)3-9(24)11(4-21)30-20)13(6-23)31-19(7)32-17-8(2)29-12(5-22)15(27)16(17)28/h7-28H,3-6H2,1-2H3. The van der Waals surface area contributed by atoms with E-state index in [-0.39, 0.29) is 6.42 Å². The smallest absolute Gasteiger partial charge is 0.184 e. The van der Waals surface area contributed by atoms with Gasteiger partial charge in [-0.25, -0.2) is 0 Å². The summed E-state index contributed by atoms with van der Waals surface area (Å²) in [5, 5.41) is 80.0. The first-order chi connectivity index (χ1) is 15.6. The lowest BCUT2D eigenvalue weighted by Crippen LogP contribution is -2.63. The average molecular weight is 484 g/mol. The van der Waals surface area contributed by atoms with Crippen molar-refractivity contribution < 1.29 is 64.5 Å². The Balaban J connectivity index is 1.67. The molecule has 194 valence electrons. The number of hydrogen-bond acceptors (Lipinski definition) is 13. The molecule has 0 aromatic carbocycles. The predicted molar refractivity (Wildman–Crippen MR) is 106 cm³/mol. The van der Waals surface area contributed by atoms with Crippen LogP contribution in [0.15, 0.2) is 0 Å². The lowest BCUT2D eigenvalue weighted by Gasteiger charge is -2.48. The second-order valence-electron chi connectivity index (χ2n) is 8.92. The van der Waals surface area contributed by atoms with Crippen LogP contribution >= 0.6 is 0 Å². The van der Waals surface area contributed by atoms with E-state index in [2.05, 4.69) is 0 Å². The van der Waals surface area contributed by atoms with E-state index in [0.717, 1.165) is 0 Å². The van der Waals surface area contributed by atoms with Crippen molar-refractivity contribution in [3.05, 3.63) is 0 Å². The molecule has 0 aromatic heterocycles. The minimum atomic E-state index is -1.40. The highest BCUT2D eigenvalue weighted by Gasteiger charge is 2.50. The van der Waals surface area contributed by atoms with Gasteiger partial charge in [-0.3, -0.25) is 0 Å². The van der Waals surface area contributed by atoms with Gasteiger partial charge in [0.2, 0.25) is 0 Å². The van der Waals surface area contributed by atoms with Crippen LogP contribution in [0.3, 0.4) is 0 Å². The fourth-order valence-electron chi connectivity index (χ4n) is 4.45. The maximum atomic E-state index is 10.9. The van der Waals surface area contributed by atoms with Gasteiger partial charge < -0.3 is 64.5 Å². The van der Waals surface area contributed by atoms with Crippen molar-refractivity contribution in [3.8, 4) is 0 Å². The summed E-state index contributed by atoms with van der Waals surface area (Å²) in [4.78, 5) is 0. The second-order valence-corrected chi connectivity index (χ2v) is 8.92. The average Bonchev–Trinajstić information content (AvgIpc) is 2.79. The number of aliphatic hydroxyl groups excluding tert-OH is 8. The van der Waals surface area contributed by atoms with Crippen molar-refractivity contribution in [3.63, 3.8) is 0 Å². The number of hydrogen-bond donors (Lipinski definition) is 8. The molecule has 3 aliphatic rings. The quantitative estimate of drug-likeness (QED) is 0.173. The largest absolute Gasteiger partial charge is 0.394 e. The van der Waals surface area contributed by atoms with Gasteiger partial charge in [0.05, 0.1) is 38.1 Å². The lowest BCUT2D eigenvalue weighted by molar-refractivity contribution is -0.357. The molecular weight excluding hydrogens is 448 g/mol. The zero-order chi connectivity index (χ0) is 24.4. The van der Waals surface area contributed by atoms with Gasteiger partial charge in [0.15, 0.2) is 12.6 Å². The third-order valence-corrected chi connectivity index (χ3v) is 6.56. The summed E-state index contributed by atoms with van der Waals surface area (Å²) in [5.74, 6) is -0.745. The first-order valence-electron chi connectivity index (χ1n) is 11.1. The molecule has 3 saturated heterocycles. The molecule has 8 N–H and O–H groups in total. The maximum absolute atomic E-state index is 10.9. The third-order valence-electron chi connectivity index (χ3n) is 6.56. The van der Waals surface area contributed by atoms with Gasteiger partial charge in [-0.1, -0.05) is 6.92 Å². The highest BCUT2D eigenvalue weighted by molar-refractivity contribution is 4.94. The van der Waals surface area contributed by atoms with Gasteiger partial charge >= 0.3 is 0 Å². The molecule has 14 atom stereocenters. The summed E-state index contributed by atoms with van der Waals surface area (Å²) in [6.45, 7) is 1.61. The Labute approximate surface area is 191 Å². The number of aliphatic hydroxyl groups is 8. The molecule has 3 fully saturated rings. The maximum Gasteiger partial charge on any atom is 0.184 e. The molecular formula is C20H36O13. The van der Waals surface area contributed by atoms with Gasteiger partial charge in [-0.05, 0) is 6.92 Å². The Morgan fingerprint density at radius 2 is 1.21 bits per heavy atom. The van der Waals surface area contributed by atoms with Gasteiger partial charge in [0.25, 0.3) is 0 Å². The van der Waals surface area contributed by atoms with Crippen LogP contribution in [0.25, 0.3) is 0 Å². The van der Waals surface area contributed by atoms with Crippen molar-refractivity contribution in [1.29, 1.82) is 0 Å². The molecule has 0 bridgehead atoms. The molecule has 3 rings (SSSR count). The summed E-state index contributed by atoms with van der Waals surface area (Å²) in [6, 6.07) is 0. The van der Waals surface area contributed by atoms with E-state index in [4.69, 9.17) is 23.7 Å². The van der Waals surface area contributed by atoms with Crippen molar-refractivity contribution in [2.45, 2.75) is 100.0 Å². The fourth-order valence-corrected chi connectivity index (χ4v) is 4.45. The molecule has 13 heteroatoms. The highest BCUT2D eigenvalue weighted by atomic mass is 16.7. The Hall–Kier alpha value is -0.520. The molecule has 3 heterocycles. The van der Waals surface area contributed by atoms with Gasteiger partial charge in [0.1, 0.15) is 48.8 Å². The van der Waals surface area contributed by atoms with E-state index < -0.39 is 105 Å². The Morgan fingerprint density at radius 3 is 1.82 bits per heavy atom. The highest BCUT2D eigenvalue weighted by Crippen LogP contribution is 2.34. The summed E-state index contributed by atoms with van der Waals surface area (Å²) in [5.41, 5.74) is 0. The van der Waals surface area contributed by atoms with Crippen LogP contribution in [0.2, 0.25) is 0 Å². The van der Waals surface area contributed by atoms with E-state index in [1.807, 2.05) is 0 Å². The summed E-state index contributed by atoms with van der Waals surface area (Å²) < 4.78 is 28.2. The summed E-state index contributed by atoms with van der Waals surface area (Å²) >= 11 is 0. The van der Waals surface area contributed by atoms with Crippen LogP contribution in [0, 0.1) is 5.92 Å². The molecule has 0 amide bonds. The molecule has 14 unspecified atom stereocenters. The second kappa shape index (κ2) is 11.5. The molecule has 0 aliphatic carbocycles. The first-order valence-corrected chi connectivity index (χ1v) is 11.1. The van der Waals surface area contributed by atoms with E-state index in [9.17, 15) is 40.9 Å². The number of ether oxygens (including phenoxy) is 5. The summed E-state index contributed by atoms with van der Waals surface area (Å²) in [7, 11) is 0. The predicted octanol–water partition coefficient (Wildman–Crippen LogP) is -4.20. The topological polar surface area (TPSA) is 208 Å². The Bertz CT molecular complexity index is 609. The first kappa shape index (κ1) is 27.1. The molecule has 13 nitrogen and oxygen atoms in total. The van der Waals surface area contributed by atoms with Crippen LogP contribution in [0.5, 0.6) is 0 Å². The molecule has 0 radical (unpaired) electrons. The van der Waals surface area contributed by atoms with Gasteiger partial charge in [-0.2, -0.15) is 0 Å². The molecule has 0 aromatic rings. The zero-order valence-electron chi connectivity index (χ0n) is 18.5.